The Morgan fingerprint density at radius 1 is 0.818 bits per heavy atom. The van der Waals surface area contributed by atoms with Crippen LogP contribution in [0.1, 0.15) is 5.56 Å². The summed E-state index contributed by atoms with van der Waals surface area (Å²) in [5.74, 6) is 0. The second-order valence-electron chi connectivity index (χ2n) is 5.18. The van der Waals surface area contributed by atoms with Gasteiger partial charge in [0.1, 0.15) is 0 Å². The monoisotopic (exact) mass is 346 g/mol. The van der Waals surface area contributed by atoms with Crippen molar-refractivity contribution in [1.29, 1.82) is 5.26 Å². The Balaban J connectivity index is 2.18. The van der Waals surface area contributed by atoms with Gasteiger partial charge in [-0.3, -0.25) is 0 Å². The molecule has 0 saturated heterocycles. The van der Waals surface area contributed by atoms with Crippen LogP contribution in [0.25, 0.3) is 27.5 Å². The van der Waals surface area contributed by atoms with Gasteiger partial charge in [0.25, 0.3) is 0 Å². The first-order valence-corrected chi connectivity index (χ1v) is 7.76. The minimum atomic E-state index is 0.645. The molecule has 0 unspecified atom stereocenters. The summed E-state index contributed by atoms with van der Waals surface area (Å²) >= 11 is 3.50. The molecule has 1 heterocycles. The van der Waals surface area contributed by atoms with Crippen molar-refractivity contribution in [1.82, 2.24) is 4.57 Å². The molecule has 22 heavy (non-hydrogen) atoms. The second kappa shape index (κ2) is 5.01. The van der Waals surface area contributed by atoms with E-state index in [0.29, 0.717) is 5.56 Å². The van der Waals surface area contributed by atoms with Crippen molar-refractivity contribution in [3.8, 4) is 11.8 Å². The third-order valence-corrected chi connectivity index (χ3v) is 4.31. The number of benzene rings is 3. The van der Waals surface area contributed by atoms with E-state index < -0.39 is 0 Å². The van der Waals surface area contributed by atoms with Crippen molar-refractivity contribution in [3.63, 3.8) is 0 Å². The van der Waals surface area contributed by atoms with Crippen molar-refractivity contribution < 1.29 is 0 Å². The van der Waals surface area contributed by atoms with Crippen LogP contribution in [0.15, 0.2) is 71.2 Å². The van der Waals surface area contributed by atoms with E-state index >= 15 is 0 Å². The van der Waals surface area contributed by atoms with Gasteiger partial charge in [-0.05, 0) is 30.3 Å². The fourth-order valence-electron chi connectivity index (χ4n) is 2.97. The molecule has 3 heteroatoms. The molecule has 0 N–H and O–H groups in total. The van der Waals surface area contributed by atoms with Crippen LogP contribution in [0.2, 0.25) is 0 Å². The number of fused-ring (bicyclic) bond motifs is 3. The summed E-state index contributed by atoms with van der Waals surface area (Å²) in [5, 5.41) is 11.7. The van der Waals surface area contributed by atoms with E-state index in [2.05, 4.69) is 63.0 Å². The number of aromatic nitrogens is 1. The summed E-state index contributed by atoms with van der Waals surface area (Å²) in [6.07, 6.45) is 0. The van der Waals surface area contributed by atoms with Crippen LogP contribution in [-0.2, 0) is 0 Å². The van der Waals surface area contributed by atoms with Gasteiger partial charge in [-0.15, -0.1) is 0 Å². The van der Waals surface area contributed by atoms with Crippen LogP contribution in [0.4, 0.5) is 0 Å². The van der Waals surface area contributed by atoms with Crippen molar-refractivity contribution in [2.24, 2.45) is 0 Å². The molecular weight excluding hydrogens is 336 g/mol. The molecule has 0 atom stereocenters. The van der Waals surface area contributed by atoms with E-state index in [9.17, 15) is 5.26 Å². The van der Waals surface area contributed by atoms with E-state index in [1.54, 1.807) is 0 Å². The van der Waals surface area contributed by atoms with Gasteiger partial charge in [-0.1, -0.05) is 52.3 Å². The number of hydrogen-bond acceptors (Lipinski definition) is 1. The van der Waals surface area contributed by atoms with E-state index in [1.807, 2.05) is 30.3 Å². The highest BCUT2D eigenvalue weighted by Crippen LogP contribution is 2.32. The van der Waals surface area contributed by atoms with Crippen molar-refractivity contribution in [3.05, 3.63) is 76.8 Å². The van der Waals surface area contributed by atoms with E-state index in [4.69, 9.17) is 0 Å². The number of halogens is 1. The highest BCUT2D eigenvalue weighted by molar-refractivity contribution is 9.10. The summed E-state index contributed by atoms with van der Waals surface area (Å²) in [7, 11) is 0. The average Bonchev–Trinajstić information content (AvgIpc) is 2.89. The Morgan fingerprint density at radius 3 is 2.00 bits per heavy atom. The van der Waals surface area contributed by atoms with Crippen molar-refractivity contribution in [2.45, 2.75) is 0 Å². The highest BCUT2D eigenvalue weighted by Gasteiger charge is 2.12. The Morgan fingerprint density at radius 2 is 1.41 bits per heavy atom. The Bertz CT molecular complexity index is 1000. The van der Waals surface area contributed by atoms with Gasteiger partial charge in [-0.25, -0.2) is 0 Å². The molecule has 2 nitrogen and oxygen atoms in total. The quantitative estimate of drug-likeness (QED) is 0.452. The summed E-state index contributed by atoms with van der Waals surface area (Å²) < 4.78 is 3.11. The standard InChI is InChI=1S/C19H11BrN2/c20-14-9-13(12-21)10-15(11-14)22-18-7-3-1-5-16(18)17-6-2-4-8-19(17)22/h1-11H. The lowest BCUT2D eigenvalue weighted by atomic mass is 10.2. The Labute approximate surface area is 136 Å². The minimum Gasteiger partial charge on any atom is -0.309 e. The molecule has 0 amide bonds. The fraction of sp³-hybridized carbons (Fsp3) is 0. The predicted molar refractivity (Wildman–Crippen MR) is 93.2 cm³/mol. The molecule has 1 aromatic heterocycles. The van der Waals surface area contributed by atoms with Gasteiger partial charge >= 0.3 is 0 Å². The third kappa shape index (κ3) is 1.93. The number of rotatable bonds is 1. The number of nitriles is 1. The lowest BCUT2D eigenvalue weighted by Crippen LogP contribution is -1.94. The number of hydrogen-bond donors (Lipinski definition) is 0. The first-order chi connectivity index (χ1) is 10.8. The van der Waals surface area contributed by atoms with Gasteiger partial charge in [-0.2, -0.15) is 5.26 Å². The molecule has 0 spiro atoms. The normalized spacial score (nSPS) is 10.9. The van der Waals surface area contributed by atoms with E-state index in [1.165, 1.54) is 10.8 Å². The number of nitrogens with zero attached hydrogens (tertiary/aromatic N) is 2. The zero-order valence-electron chi connectivity index (χ0n) is 11.6. The average molecular weight is 347 g/mol. The summed E-state index contributed by atoms with van der Waals surface area (Å²) in [5.41, 5.74) is 3.92. The topological polar surface area (TPSA) is 28.7 Å². The molecule has 0 bridgehead atoms. The van der Waals surface area contributed by atoms with Crippen LogP contribution in [0.3, 0.4) is 0 Å². The van der Waals surface area contributed by atoms with Gasteiger partial charge < -0.3 is 4.57 Å². The highest BCUT2D eigenvalue weighted by atomic mass is 79.9. The predicted octanol–water partition coefficient (Wildman–Crippen LogP) is 5.42. The maximum atomic E-state index is 9.23. The summed E-state index contributed by atoms with van der Waals surface area (Å²) in [4.78, 5) is 0. The smallest absolute Gasteiger partial charge is 0.0992 e. The number of para-hydroxylation sites is 2. The molecule has 0 aliphatic carbocycles. The van der Waals surface area contributed by atoms with Crippen LogP contribution in [0.5, 0.6) is 0 Å². The zero-order valence-corrected chi connectivity index (χ0v) is 13.2. The zero-order chi connectivity index (χ0) is 15.1. The maximum absolute atomic E-state index is 9.23. The lowest BCUT2D eigenvalue weighted by Gasteiger charge is -2.09. The molecule has 3 aromatic carbocycles. The van der Waals surface area contributed by atoms with E-state index in [0.717, 1.165) is 21.2 Å². The molecule has 4 aromatic rings. The lowest BCUT2D eigenvalue weighted by molar-refractivity contribution is 1.17. The maximum Gasteiger partial charge on any atom is 0.0992 e. The third-order valence-electron chi connectivity index (χ3n) is 3.85. The van der Waals surface area contributed by atoms with Crippen molar-refractivity contribution >= 4 is 37.7 Å². The van der Waals surface area contributed by atoms with Crippen LogP contribution in [-0.4, -0.2) is 4.57 Å². The first kappa shape index (κ1) is 13.1. The van der Waals surface area contributed by atoms with Crippen LogP contribution < -0.4 is 0 Å². The van der Waals surface area contributed by atoms with Gasteiger partial charge in [0.05, 0.1) is 22.7 Å². The van der Waals surface area contributed by atoms with Crippen LogP contribution >= 0.6 is 15.9 Å². The summed E-state index contributed by atoms with van der Waals surface area (Å²) in [6.45, 7) is 0. The SMILES string of the molecule is N#Cc1cc(Br)cc(-n2c3ccccc3c3ccccc32)c1. The largest absolute Gasteiger partial charge is 0.309 e. The molecular formula is C19H11BrN2. The van der Waals surface area contributed by atoms with Gasteiger partial charge in [0.15, 0.2) is 0 Å². The molecule has 0 saturated carbocycles. The first-order valence-electron chi connectivity index (χ1n) is 6.97. The fourth-order valence-corrected chi connectivity index (χ4v) is 3.45. The van der Waals surface area contributed by atoms with E-state index in [-0.39, 0.29) is 0 Å². The molecule has 0 radical (unpaired) electrons. The Kier molecular flexibility index (Phi) is 2.99. The Hall–Kier alpha value is -2.57. The summed E-state index contributed by atoms with van der Waals surface area (Å²) in [6, 6.07) is 24.7. The molecule has 104 valence electrons. The molecule has 0 aliphatic heterocycles. The molecule has 0 aliphatic rings. The van der Waals surface area contributed by atoms with Crippen LogP contribution in [0, 0.1) is 11.3 Å². The molecule has 4 rings (SSSR count). The minimum absolute atomic E-state index is 0.645. The van der Waals surface area contributed by atoms with Gasteiger partial charge in [0.2, 0.25) is 0 Å². The molecule has 0 fully saturated rings. The van der Waals surface area contributed by atoms with Crippen molar-refractivity contribution in [2.75, 3.05) is 0 Å². The second-order valence-corrected chi connectivity index (χ2v) is 6.10. The van der Waals surface area contributed by atoms with Gasteiger partial charge in [0, 0.05) is 20.9 Å².